The van der Waals surface area contributed by atoms with Gasteiger partial charge in [0.2, 0.25) is 5.91 Å². The fourth-order valence-corrected chi connectivity index (χ4v) is 2.38. The molecular formula is C20H23N3O3. The van der Waals surface area contributed by atoms with Gasteiger partial charge < -0.3 is 20.1 Å². The lowest BCUT2D eigenvalue weighted by Crippen LogP contribution is -2.32. The molecular weight excluding hydrogens is 330 g/mol. The van der Waals surface area contributed by atoms with Crippen molar-refractivity contribution < 1.29 is 14.3 Å². The lowest BCUT2D eigenvalue weighted by Gasteiger charge is -2.19. The van der Waals surface area contributed by atoms with Crippen LogP contribution in [0, 0.1) is 11.3 Å². The molecule has 0 saturated heterocycles. The molecule has 136 valence electrons. The summed E-state index contributed by atoms with van der Waals surface area (Å²) in [6.07, 6.45) is 0. The van der Waals surface area contributed by atoms with Gasteiger partial charge >= 0.3 is 0 Å². The van der Waals surface area contributed by atoms with Crippen molar-refractivity contribution in [2.24, 2.45) is 0 Å². The van der Waals surface area contributed by atoms with E-state index in [1.165, 1.54) is 0 Å². The van der Waals surface area contributed by atoms with Crippen molar-refractivity contribution in [1.29, 1.82) is 5.26 Å². The molecule has 6 heteroatoms. The molecule has 0 saturated carbocycles. The minimum atomic E-state index is -0.517. The first-order chi connectivity index (χ1) is 12.6. The Balaban J connectivity index is 2.11. The first kappa shape index (κ1) is 19.1. The monoisotopic (exact) mass is 353 g/mol. The van der Waals surface area contributed by atoms with Crippen LogP contribution in [0.15, 0.2) is 42.5 Å². The van der Waals surface area contributed by atoms with Gasteiger partial charge in [0, 0.05) is 11.8 Å². The van der Waals surface area contributed by atoms with Crippen LogP contribution < -0.4 is 20.1 Å². The molecule has 0 aliphatic heterocycles. The van der Waals surface area contributed by atoms with Crippen LogP contribution in [0.5, 0.6) is 11.5 Å². The molecule has 2 aromatic rings. The average Bonchev–Trinajstić information content (AvgIpc) is 2.64. The summed E-state index contributed by atoms with van der Waals surface area (Å²) in [6, 6.07) is 13.8. The van der Waals surface area contributed by atoms with Crippen LogP contribution in [0.1, 0.15) is 26.3 Å². The second-order valence-electron chi connectivity index (χ2n) is 5.57. The largest absolute Gasteiger partial charge is 0.494 e. The fraction of sp³-hybridized carbons (Fsp3) is 0.300. The number of carbonyl (C=O) groups excluding carboxylic acids is 1. The summed E-state index contributed by atoms with van der Waals surface area (Å²) in [6.45, 7) is 6.64. The summed E-state index contributed by atoms with van der Waals surface area (Å²) in [5.41, 5.74) is 1.76. The Bertz CT molecular complexity index is 799. The lowest BCUT2D eigenvalue weighted by atomic mass is 10.2. The number of hydrogen-bond acceptors (Lipinski definition) is 5. The fourth-order valence-electron chi connectivity index (χ4n) is 2.38. The first-order valence-electron chi connectivity index (χ1n) is 8.54. The van der Waals surface area contributed by atoms with Crippen molar-refractivity contribution in [3.63, 3.8) is 0 Å². The van der Waals surface area contributed by atoms with Crippen LogP contribution in [0.4, 0.5) is 11.4 Å². The number of anilines is 2. The second kappa shape index (κ2) is 9.33. The smallest absolute Gasteiger partial charge is 0.246 e. The van der Waals surface area contributed by atoms with Crippen molar-refractivity contribution >= 4 is 17.3 Å². The molecule has 0 heterocycles. The number of amides is 1. The summed E-state index contributed by atoms with van der Waals surface area (Å²) in [4.78, 5) is 12.5. The van der Waals surface area contributed by atoms with Gasteiger partial charge in [-0.1, -0.05) is 6.07 Å². The highest BCUT2D eigenvalue weighted by molar-refractivity contribution is 5.96. The highest BCUT2D eigenvalue weighted by Crippen LogP contribution is 2.30. The Hall–Kier alpha value is -3.20. The standard InChI is InChI=1S/C20H23N3O3/c1-4-25-17-9-10-19(26-5-2)18(12-17)22-14(3)20(24)23-16-8-6-7-15(11-16)13-21/h6-12,14,22H,4-5H2,1-3H3,(H,23,24). The SMILES string of the molecule is CCOc1ccc(OCC)c(NC(C)C(=O)Nc2cccc(C#N)c2)c1. The van der Waals surface area contributed by atoms with Crippen LogP contribution in [0.25, 0.3) is 0 Å². The third-order valence-corrected chi connectivity index (χ3v) is 3.59. The predicted molar refractivity (Wildman–Crippen MR) is 102 cm³/mol. The number of benzene rings is 2. The minimum absolute atomic E-state index is 0.218. The molecule has 0 aromatic heterocycles. The van der Waals surface area contributed by atoms with Gasteiger partial charge in [0.15, 0.2) is 0 Å². The van der Waals surface area contributed by atoms with Crippen molar-refractivity contribution in [3.8, 4) is 17.6 Å². The molecule has 0 spiro atoms. The molecule has 6 nitrogen and oxygen atoms in total. The number of rotatable bonds is 8. The van der Waals surface area contributed by atoms with Gasteiger partial charge in [0.1, 0.15) is 17.5 Å². The Morgan fingerprint density at radius 3 is 2.62 bits per heavy atom. The minimum Gasteiger partial charge on any atom is -0.494 e. The summed E-state index contributed by atoms with van der Waals surface area (Å²) in [5, 5.41) is 14.9. The number of nitrogens with one attached hydrogen (secondary N) is 2. The Kier molecular flexibility index (Phi) is 6.86. The van der Waals surface area contributed by atoms with Crippen molar-refractivity contribution in [2.45, 2.75) is 26.8 Å². The molecule has 0 radical (unpaired) electrons. The predicted octanol–water partition coefficient (Wildman–Crippen LogP) is 3.79. The maximum Gasteiger partial charge on any atom is 0.246 e. The number of nitriles is 1. The average molecular weight is 353 g/mol. The Labute approximate surface area is 153 Å². The topological polar surface area (TPSA) is 83.4 Å². The summed E-state index contributed by atoms with van der Waals surface area (Å²) in [7, 11) is 0. The zero-order chi connectivity index (χ0) is 18.9. The molecule has 0 bridgehead atoms. The number of hydrogen-bond donors (Lipinski definition) is 2. The van der Waals surface area contributed by atoms with Crippen molar-refractivity contribution in [1.82, 2.24) is 0 Å². The molecule has 2 N–H and O–H groups in total. The lowest BCUT2D eigenvalue weighted by molar-refractivity contribution is -0.116. The van der Waals surface area contributed by atoms with Gasteiger partial charge in [-0.3, -0.25) is 4.79 Å². The van der Waals surface area contributed by atoms with E-state index in [2.05, 4.69) is 16.7 Å². The molecule has 2 rings (SSSR count). The molecule has 0 fully saturated rings. The van der Waals surface area contributed by atoms with Gasteiger partial charge in [0.25, 0.3) is 0 Å². The van der Waals surface area contributed by atoms with Crippen LogP contribution in [-0.4, -0.2) is 25.2 Å². The van der Waals surface area contributed by atoms with Gasteiger partial charge in [-0.25, -0.2) is 0 Å². The highest BCUT2D eigenvalue weighted by Gasteiger charge is 2.16. The van der Waals surface area contributed by atoms with Crippen LogP contribution >= 0.6 is 0 Å². The van der Waals surface area contributed by atoms with E-state index in [4.69, 9.17) is 14.7 Å². The number of ether oxygens (including phenoxy) is 2. The second-order valence-corrected chi connectivity index (χ2v) is 5.57. The molecule has 2 aromatic carbocycles. The van der Waals surface area contributed by atoms with Gasteiger partial charge in [0.05, 0.1) is 30.5 Å². The highest BCUT2D eigenvalue weighted by atomic mass is 16.5. The molecule has 1 atom stereocenters. The Morgan fingerprint density at radius 1 is 1.15 bits per heavy atom. The van der Waals surface area contributed by atoms with E-state index in [9.17, 15) is 4.79 Å². The van der Waals surface area contributed by atoms with E-state index in [1.807, 2.05) is 32.0 Å². The van der Waals surface area contributed by atoms with E-state index in [0.29, 0.717) is 41.7 Å². The number of nitrogens with zero attached hydrogens (tertiary/aromatic N) is 1. The van der Waals surface area contributed by atoms with Crippen LogP contribution in [-0.2, 0) is 4.79 Å². The van der Waals surface area contributed by atoms with E-state index >= 15 is 0 Å². The van der Waals surface area contributed by atoms with Gasteiger partial charge in [-0.15, -0.1) is 0 Å². The maximum atomic E-state index is 12.5. The van der Waals surface area contributed by atoms with Gasteiger partial charge in [-0.05, 0) is 51.1 Å². The summed E-state index contributed by atoms with van der Waals surface area (Å²) < 4.78 is 11.1. The van der Waals surface area contributed by atoms with Crippen molar-refractivity contribution in [3.05, 3.63) is 48.0 Å². The maximum absolute atomic E-state index is 12.5. The van der Waals surface area contributed by atoms with Crippen molar-refractivity contribution in [2.75, 3.05) is 23.8 Å². The Morgan fingerprint density at radius 2 is 1.92 bits per heavy atom. The van der Waals surface area contributed by atoms with Crippen LogP contribution in [0.2, 0.25) is 0 Å². The third-order valence-electron chi connectivity index (χ3n) is 3.59. The van der Waals surface area contributed by atoms with E-state index < -0.39 is 6.04 Å². The van der Waals surface area contributed by atoms with Gasteiger partial charge in [-0.2, -0.15) is 5.26 Å². The summed E-state index contributed by atoms with van der Waals surface area (Å²) >= 11 is 0. The molecule has 1 unspecified atom stereocenters. The normalized spacial score (nSPS) is 11.2. The molecule has 26 heavy (non-hydrogen) atoms. The van der Waals surface area contributed by atoms with Crippen LogP contribution in [0.3, 0.4) is 0 Å². The summed E-state index contributed by atoms with van der Waals surface area (Å²) in [5.74, 6) is 1.14. The van der Waals surface area contributed by atoms with E-state index in [-0.39, 0.29) is 5.91 Å². The number of carbonyl (C=O) groups is 1. The molecule has 0 aliphatic rings. The first-order valence-corrected chi connectivity index (χ1v) is 8.54. The molecule has 0 aliphatic carbocycles. The zero-order valence-corrected chi connectivity index (χ0v) is 15.2. The third kappa shape index (κ3) is 5.15. The zero-order valence-electron chi connectivity index (χ0n) is 15.2. The van der Waals surface area contributed by atoms with E-state index in [1.54, 1.807) is 31.2 Å². The van der Waals surface area contributed by atoms with E-state index in [0.717, 1.165) is 0 Å². The molecule has 1 amide bonds. The quantitative estimate of drug-likeness (QED) is 0.754.